The summed E-state index contributed by atoms with van der Waals surface area (Å²) < 4.78 is 5.23. The molecule has 5 heteroatoms. The Morgan fingerprint density at radius 1 is 1.03 bits per heavy atom. The van der Waals surface area contributed by atoms with Crippen LogP contribution in [0.5, 0.6) is 5.75 Å². The number of nitrogens with one attached hydrogen (secondary N) is 1. The van der Waals surface area contributed by atoms with Crippen LogP contribution in [0.2, 0.25) is 0 Å². The van der Waals surface area contributed by atoms with Gasteiger partial charge in [0.1, 0.15) is 11.8 Å². The van der Waals surface area contributed by atoms with Gasteiger partial charge in [0.2, 0.25) is 11.8 Å². The molecule has 1 N–H and O–H groups in total. The van der Waals surface area contributed by atoms with E-state index in [1.165, 1.54) is 5.56 Å². The van der Waals surface area contributed by atoms with Gasteiger partial charge in [0.25, 0.3) is 0 Å². The van der Waals surface area contributed by atoms with Crippen LogP contribution in [0.15, 0.2) is 48.5 Å². The minimum absolute atomic E-state index is 0.00883. The second-order valence-corrected chi connectivity index (χ2v) is 8.52. The second kappa shape index (κ2) is 11.0. The Kier molecular flexibility index (Phi) is 8.10. The van der Waals surface area contributed by atoms with E-state index in [0.29, 0.717) is 19.4 Å². The minimum atomic E-state index is -0.520. The zero-order valence-electron chi connectivity index (χ0n) is 18.9. The third kappa shape index (κ3) is 6.58. The fourth-order valence-electron chi connectivity index (χ4n) is 4.05. The zero-order chi connectivity index (χ0) is 22.2. The SMILES string of the molecule is COc1ccc(CN(C(=O)CCc2ccc(C)cc2)[C@@H](C)C(=O)NC2CCCC2)cc1. The molecule has 2 amide bonds. The van der Waals surface area contributed by atoms with Crippen molar-refractivity contribution in [3.8, 4) is 5.75 Å². The van der Waals surface area contributed by atoms with Crippen molar-refractivity contribution in [1.82, 2.24) is 10.2 Å². The molecule has 2 aromatic carbocycles. The molecule has 0 saturated heterocycles. The van der Waals surface area contributed by atoms with Crippen molar-refractivity contribution in [2.24, 2.45) is 0 Å². The smallest absolute Gasteiger partial charge is 0.242 e. The lowest BCUT2D eigenvalue weighted by molar-refractivity contribution is -0.140. The molecule has 2 aromatic rings. The van der Waals surface area contributed by atoms with E-state index < -0.39 is 6.04 Å². The maximum absolute atomic E-state index is 13.2. The average molecular weight is 423 g/mol. The fraction of sp³-hybridized carbons (Fsp3) is 0.462. The molecule has 0 aliphatic heterocycles. The molecule has 0 spiro atoms. The highest BCUT2D eigenvalue weighted by molar-refractivity contribution is 5.87. The van der Waals surface area contributed by atoms with Gasteiger partial charge in [0.05, 0.1) is 7.11 Å². The van der Waals surface area contributed by atoms with E-state index in [4.69, 9.17) is 4.74 Å². The van der Waals surface area contributed by atoms with Crippen molar-refractivity contribution in [3.05, 3.63) is 65.2 Å². The molecule has 1 saturated carbocycles. The summed E-state index contributed by atoms with van der Waals surface area (Å²) in [5.41, 5.74) is 3.31. The molecule has 0 bridgehead atoms. The summed E-state index contributed by atoms with van der Waals surface area (Å²) in [6, 6.07) is 15.6. The van der Waals surface area contributed by atoms with Crippen molar-refractivity contribution in [2.75, 3.05) is 7.11 Å². The first-order valence-electron chi connectivity index (χ1n) is 11.2. The molecule has 0 aromatic heterocycles. The maximum Gasteiger partial charge on any atom is 0.242 e. The first-order chi connectivity index (χ1) is 15.0. The van der Waals surface area contributed by atoms with Gasteiger partial charge in [0.15, 0.2) is 0 Å². The van der Waals surface area contributed by atoms with Gasteiger partial charge in [-0.2, -0.15) is 0 Å². The second-order valence-electron chi connectivity index (χ2n) is 8.52. The molecule has 1 aliphatic carbocycles. The molecule has 31 heavy (non-hydrogen) atoms. The topological polar surface area (TPSA) is 58.6 Å². The van der Waals surface area contributed by atoms with E-state index in [-0.39, 0.29) is 17.9 Å². The Balaban J connectivity index is 1.70. The van der Waals surface area contributed by atoms with Gasteiger partial charge >= 0.3 is 0 Å². The van der Waals surface area contributed by atoms with E-state index in [9.17, 15) is 9.59 Å². The largest absolute Gasteiger partial charge is 0.497 e. The molecule has 1 aliphatic rings. The van der Waals surface area contributed by atoms with Crippen LogP contribution in [0.1, 0.15) is 55.7 Å². The van der Waals surface area contributed by atoms with Crippen molar-refractivity contribution < 1.29 is 14.3 Å². The molecule has 166 valence electrons. The maximum atomic E-state index is 13.2. The summed E-state index contributed by atoms with van der Waals surface area (Å²) in [5.74, 6) is 0.697. The molecule has 3 rings (SSSR count). The number of benzene rings is 2. The Morgan fingerprint density at radius 3 is 2.26 bits per heavy atom. The molecule has 1 fully saturated rings. The van der Waals surface area contributed by atoms with Gasteiger partial charge in [-0.25, -0.2) is 0 Å². The van der Waals surface area contributed by atoms with E-state index >= 15 is 0 Å². The van der Waals surface area contributed by atoms with Crippen LogP contribution >= 0.6 is 0 Å². The third-order valence-electron chi connectivity index (χ3n) is 6.13. The van der Waals surface area contributed by atoms with Crippen LogP contribution < -0.4 is 10.1 Å². The Labute approximate surface area is 185 Å². The number of methoxy groups -OCH3 is 1. The monoisotopic (exact) mass is 422 g/mol. The van der Waals surface area contributed by atoms with E-state index in [2.05, 4.69) is 36.5 Å². The number of nitrogens with zero attached hydrogens (tertiary/aromatic N) is 1. The minimum Gasteiger partial charge on any atom is -0.497 e. The van der Waals surface area contributed by atoms with Crippen LogP contribution in [0.25, 0.3) is 0 Å². The summed E-state index contributed by atoms with van der Waals surface area (Å²) in [6.45, 7) is 4.28. The van der Waals surface area contributed by atoms with Crippen LogP contribution in [-0.4, -0.2) is 35.9 Å². The predicted molar refractivity (Wildman–Crippen MR) is 123 cm³/mol. The lowest BCUT2D eigenvalue weighted by atomic mass is 10.1. The van der Waals surface area contributed by atoms with Crippen LogP contribution in [0, 0.1) is 6.92 Å². The number of carbonyl (C=O) groups excluding carboxylic acids is 2. The van der Waals surface area contributed by atoms with Gasteiger partial charge in [0, 0.05) is 19.0 Å². The lowest BCUT2D eigenvalue weighted by Crippen LogP contribution is -2.49. The summed E-state index contributed by atoms with van der Waals surface area (Å²) >= 11 is 0. The number of aryl methyl sites for hydroxylation is 2. The predicted octanol–water partition coefficient (Wildman–Crippen LogP) is 4.41. The van der Waals surface area contributed by atoms with E-state index in [1.54, 1.807) is 12.0 Å². The molecular weight excluding hydrogens is 388 g/mol. The third-order valence-corrected chi connectivity index (χ3v) is 6.13. The van der Waals surface area contributed by atoms with Crippen LogP contribution in [-0.2, 0) is 22.6 Å². The van der Waals surface area contributed by atoms with Crippen molar-refractivity contribution >= 4 is 11.8 Å². The van der Waals surface area contributed by atoms with Crippen molar-refractivity contribution in [1.29, 1.82) is 0 Å². The highest BCUT2D eigenvalue weighted by atomic mass is 16.5. The Hall–Kier alpha value is -2.82. The van der Waals surface area contributed by atoms with Gasteiger partial charge in [-0.3, -0.25) is 9.59 Å². The van der Waals surface area contributed by atoms with Crippen molar-refractivity contribution in [2.45, 2.75) is 71.0 Å². The Morgan fingerprint density at radius 2 is 1.65 bits per heavy atom. The molecule has 0 heterocycles. The molecule has 0 unspecified atom stereocenters. The number of carbonyl (C=O) groups is 2. The normalized spacial score (nSPS) is 14.8. The molecule has 0 radical (unpaired) electrons. The summed E-state index contributed by atoms with van der Waals surface area (Å²) in [6.07, 6.45) is 5.40. The molecular formula is C26H34N2O3. The van der Waals surface area contributed by atoms with E-state index in [0.717, 1.165) is 42.6 Å². The van der Waals surface area contributed by atoms with Gasteiger partial charge in [-0.15, -0.1) is 0 Å². The fourth-order valence-corrected chi connectivity index (χ4v) is 4.05. The van der Waals surface area contributed by atoms with Crippen LogP contribution in [0.4, 0.5) is 0 Å². The number of hydrogen-bond acceptors (Lipinski definition) is 3. The van der Waals surface area contributed by atoms with Crippen molar-refractivity contribution in [3.63, 3.8) is 0 Å². The van der Waals surface area contributed by atoms with Crippen LogP contribution in [0.3, 0.4) is 0 Å². The first kappa shape index (κ1) is 22.9. The van der Waals surface area contributed by atoms with Gasteiger partial charge in [-0.05, 0) is 56.4 Å². The summed E-state index contributed by atoms with van der Waals surface area (Å²) in [5, 5.41) is 3.15. The highest BCUT2D eigenvalue weighted by Crippen LogP contribution is 2.20. The number of rotatable bonds is 9. The standard InChI is InChI=1S/C26H34N2O3/c1-19-8-10-21(11-9-19)14-17-25(29)28(18-22-12-15-24(31-3)16-13-22)20(2)26(30)27-23-6-4-5-7-23/h8-13,15-16,20,23H,4-7,14,17-18H2,1-3H3,(H,27,30)/t20-/m0/s1. The zero-order valence-corrected chi connectivity index (χ0v) is 18.9. The van der Waals surface area contributed by atoms with Gasteiger partial charge in [-0.1, -0.05) is 54.8 Å². The quantitative estimate of drug-likeness (QED) is 0.651. The number of ether oxygens (including phenoxy) is 1. The lowest BCUT2D eigenvalue weighted by Gasteiger charge is -2.30. The highest BCUT2D eigenvalue weighted by Gasteiger charge is 2.28. The average Bonchev–Trinajstić information content (AvgIpc) is 3.30. The van der Waals surface area contributed by atoms with E-state index in [1.807, 2.05) is 31.2 Å². The summed E-state index contributed by atoms with van der Waals surface area (Å²) in [7, 11) is 1.63. The first-order valence-corrected chi connectivity index (χ1v) is 11.2. The molecule has 1 atom stereocenters. The number of hydrogen-bond donors (Lipinski definition) is 1. The molecule has 5 nitrogen and oxygen atoms in total. The summed E-state index contributed by atoms with van der Waals surface area (Å²) in [4.78, 5) is 27.8. The van der Waals surface area contributed by atoms with Gasteiger partial charge < -0.3 is 15.0 Å². The number of amides is 2. The Bertz CT molecular complexity index is 855.